The summed E-state index contributed by atoms with van der Waals surface area (Å²) >= 11 is 1.97. The number of rotatable bonds is 6. The van der Waals surface area contributed by atoms with Gasteiger partial charge < -0.3 is 10.1 Å². The molecule has 0 bridgehead atoms. The first-order valence-electron chi connectivity index (χ1n) is 9.96. The van der Waals surface area contributed by atoms with E-state index in [2.05, 4.69) is 85.9 Å². The van der Waals surface area contributed by atoms with Gasteiger partial charge in [-0.3, -0.25) is 0 Å². The predicted octanol–water partition coefficient (Wildman–Crippen LogP) is 6.88. The van der Waals surface area contributed by atoms with Crippen LogP contribution in [0.1, 0.15) is 25.0 Å². The van der Waals surface area contributed by atoms with E-state index in [4.69, 9.17) is 4.74 Å². The van der Waals surface area contributed by atoms with E-state index in [9.17, 15) is 0 Å². The Balaban J connectivity index is 1.67. The third-order valence-electron chi connectivity index (χ3n) is 5.16. The summed E-state index contributed by atoms with van der Waals surface area (Å²) in [5.74, 6) is 2.91. The molecule has 0 amide bonds. The zero-order valence-corrected chi connectivity index (χ0v) is 18.1. The summed E-state index contributed by atoms with van der Waals surface area (Å²) in [4.78, 5) is 0. The van der Waals surface area contributed by atoms with Gasteiger partial charge in [0.2, 0.25) is 0 Å². The van der Waals surface area contributed by atoms with Crippen LogP contribution in [0.15, 0.2) is 78.9 Å². The maximum absolute atomic E-state index is 5.64. The van der Waals surface area contributed by atoms with Crippen molar-refractivity contribution in [2.24, 2.45) is 0 Å². The Morgan fingerprint density at radius 1 is 0.793 bits per heavy atom. The van der Waals surface area contributed by atoms with Gasteiger partial charge in [0.05, 0.1) is 18.3 Å². The molecule has 0 saturated carbocycles. The zero-order valence-electron chi connectivity index (χ0n) is 17.2. The summed E-state index contributed by atoms with van der Waals surface area (Å²) in [5, 5.41) is 3.75. The number of ether oxygens (including phenoxy) is 1. The van der Waals surface area contributed by atoms with Crippen LogP contribution in [0.5, 0.6) is 5.75 Å². The van der Waals surface area contributed by atoms with Crippen molar-refractivity contribution in [3.63, 3.8) is 0 Å². The van der Waals surface area contributed by atoms with E-state index in [0.717, 1.165) is 22.8 Å². The van der Waals surface area contributed by atoms with E-state index in [-0.39, 0.29) is 5.54 Å². The van der Waals surface area contributed by atoms with E-state index in [0.29, 0.717) is 0 Å². The normalized spacial score (nSPS) is 14.5. The van der Waals surface area contributed by atoms with Gasteiger partial charge in [0.1, 0.15) is 5.75 Å². The molecule has 0 unspecified atom stereocenters. The highest BCUT2D eigenvalue weighted by Gasteiger charge is 2.27. The molecule has 1 aliphatic heterocycles. The SMILES string of the molecule is COc1ccccc1-c1cccc2c1NC(C)(C)C=C2CSCc1ccccc1. The summed E-state index contributed by atoms with van der Waals surface area (Å²) in [5.41, 5.74) is 7.44. The van der Waals surface area contributed by atoms with Gasteiger partial charge in [-0.1, -0.05) is 72.8 Å². The van der Waals surface area contributed by atoms with Gasteiger partial charge in [-0.15, -0.1) is 0 Å². The average Bonchev–Trinajstić information content (AvgIpc) is 2.73. The van der Waals surface area contributed by atoms with Crippen molar-refractivity contribution >= 4 is 23.0 Å². The maximum atomic E-state index is 5.64. The zero-order chi connectivity index (χ0) is 20.3. The summed E-state index contributed by atoms with van der Waals surface area (Å²) in [6.45, 7) is 4.47. The van der Waals surface area contributed by atoms with Crippen LogP contribution in [-0.2, 0) is 5.75 Å². The number of thioether (sulfide) groups is 1. The van der Waals surface area contributed by atoms with E-state index in [1.165, 1.54) is 28.0 Å². The van der Waals surface area contributed by atoms with Gasteiger partial charge in [0.25, 0.3) is 0 Å². The summed E-state index contributed by atoms with van der Waals surface area (Å²) in [7, 11) is 1.73. The lowest BCUT2D eigenvalue weighted by Crippen LogP contribution is -2.32. The van der Waals surface area contributed by atoms with Gasteiger partial charge in [-0.25, -0.2) is 0 Å². The Morgan fingerprint density at radius 2 is 1.48 bits per heavy atom. The topological polar surface area (TPSA) is 21.3 Å². The van der Waals surface area contributed by atoms with Crippen LogP contribution in [0.3, 0.4) is 0 Å². The molecule has 1 N–H and O–H groups in total. The standard InChI is InChI=1S/C26H27NOS/c1-26(2)16-20(18-29-17-19-10-5-4-6-11-19)21-13-9-14-23(25(21)27-26)22-12-7-8-15-24(22)28-3/h4-16,27H,17-18H2,1-3H3. The molecule has 0 aromatic heterocycles. The largest absolute Gasteiger partial charge is 0.496 e. The number of hydrogen-bond donors (Lipinski definition) is 1. The predicted molar refractivity (Wildman–Crippen MR) is 127 cm³/mol. The molecule has 0 atom stereocenters. The van der Waals surface area contributed by atoms with Gasteiger partial charge in [0, 0.05) is 28.2 Å². The Labute approximate surface area is 178 Å². The van der Waals surface area contributed by atoms with E-state index in [1.54, 1.807) is 7.11 Å². The minimum atomic E-state index is -0.103. The second-order valence-corrected chi connectivity index (χ2v) is 8.91. The van der Waals surface area contributed by atoms with Crippen LogP contribution in [0, 0.1) is 0 Å². The Kier molecular flexibility index (Phi) is 5.68. The molecule has 0 fully saturated rings. The molecule has 2 nitrogen and oxygen atoms in total. The van der Waals surface area contributed by atoms with Crippen molar-refractivity contribution in [2.75, 3.05) is 18.2 Å². The van der Waals surface area contributed by atoms with Crippen molar-refractivity contribution in [1.29, 1.82) is 0 Å². The fourth-order valence-corrected chi connectivity index (χ4v) is 4.88. The molecule has 0 aliphatic carbocycles. The van der Waals surface area contributed by atoms with Crippen LogP contribution in [-0.4, -0.2) is 18.4 Å². The van der Waals surface area contributed by atoms with Crippen molar-refractivity contribution in [2.45, 2.75) is 25.1 Å². The minimum Gasteiger partial charge on any atom is -0.496 e. The van der Waals surface area contributed by atoms with E-state index >= 15 is 0 Å². The third-order valence-corrected chi connectivity index (χ3v) is 6.21. The first kappa shape index (κ1) is 19.7. The molecule has 1 aliphatic rings. The van der Waals surface area contributed by atoms with Gasteiger partial charge in [-0.2, -0.15) is 11.8 Å². The number of methoxy groups -OCH3 is 1. The molecular formula is C26H27NOS. The highest BCUT2D eigenvalue weighted by Crippen LogP contribution is 2.43. The van der Waals surface area contributed by atoms with Crippen LogP contribution in [0.4, 0.5) is 5.69 Å². The molecule has 4 rings (SSSR count). The third kappa shape index (κ3) is 4.35. The van der Waals surface area contributed by atoms with Crippen LogP contribution < -0.4 is 10.1 Å². The molecule has 0 radical (unpaired) electrons. The van der Waals surface area contributed by atoms with Crippen LogP contribution >= 0.6 is 11.8 Å². The molecule has 3 aromatic carbocycles. The molecule has 29 heavy (non-hydrogen) atoms. The lowest BCUT2D eigenvalue weighted by molar-refractivity contribution is 0.416. The maximum Gasteiger partial charge on any atom is 0.126 e. The van der Waals surface area contributed by atoms with E-state index in [1.807, 2.05) is 23.9 Å². The van der Waals surface area contributed by atoms with Crippen molar-refractivity contribution < 1.29 is 4.74 Å². The van der Waals surface area contributed by atoms with Gasteiger partial charge in [-0.05, 0) is 31.1 Å². The fourth-order valence-electron chi connectivity index (χ4n) is 3.89. The molecule has 3 heteroatoms. The molecule has 3 aromatic rings. The number of nitrogens with one attached hydrogen (secondary N) is 1. The monoisotopic (exact) mass is 401 g/mol. The number of fused-ring (bicyclic) bond motifs is 1. The molecule has 1 heterocycles. The Hall–Kier alpha value is -2.65. The highest BCUT2D eigenvalue weighted by molar-refractivity contribution is 7.98. The number of anilines is 1. The van der Waals surface area contributed by atoms with Crippen molar-refractivity contribution in [3.05, 3.63) is 90.0 Å². The van der Waals surface area contributed by atoms with Gasteiger partial charge >= 0.3 is 0 Å². The first-order valence-corrected chi connectivity index (χ1v) is 11.1. The fraction of sp³-hybridized carbons (Fsp3) is 0.231. The lowest BCUT2D eigenvalue weighted by Gasteiger charge is -2.34. The second-order valence-electron chi connectivity index (χ2n) is 7.92. The molecule has 148 valence electrons. The van der Waals surface area contributed by atoms with Crippen molar-refractivity contribution in [1.82, 2.24) is 0 Å². The summed E-state index contributed by atoms with van der Waals surface area (Å²) in [6, 6.07) is 25.5. The quantitative estimate of drug-likeness (QED) is 0.486. The second kappa shape index (κ2) is 8.38. The summed E-state index contributed by atoms with van der Waals surface area (Å²) in [6.07, 6.45) is 2.37. The van der Waals surface area contributed by atoms with Crippen LogP contribution in [0.25, 0.3) is 16.7 Å². The molecule has 0 saturated heterocycles. The first-order chi connectivity index (χ1) is 14.1. The van der Waals surface area contributed by atoms with Gasteiger partial charge in [0.15, 0.2) is 0 Å². The average molecular weight is 402 g/mol. The van der Waals surface area contributed by atoms with Crippen LogP contribution in [0.2, 0.25) is 0 Å². The Morgan fingerprint density at radius 3 is 2.28 bits per heavy atom. The number of benzene rings is 3. The highest BCUT2D eigenvalue weighted by atomic mass is 32.2. The molecule has 0 spiro atoms. The minimum absolute atomic E-state index is 0.103. The lowest BCUT2D eigenvalue weighted by atomic mass is 9.87. The smallest absolute Gasteiger partial charge is 0.126 e. The molecular weight excluding hydrogens is 374 g/mol. The number of para-hydroxylation sites is 2. The number of hydrogen-bond acceptors (Lipinski definition) is 3. The Bertz CT molecular complexity index is 1020. The summed E-state index contributed by atoms with van der Waals surface area (Å²) < 4.78 is 5.64. The van der Waals surface area contributed by atoms with Crippen molar-refractivity contribution in [3.8, 4) is 16.9 Å². The van der Waals surface area contributed by atoms with E-state index < -0.39 is 0 Å².